The van der Waals surface area contributed by atoms with Gasteiger partial charge in [-0.15, -0.1) is 0 Å². The third-order valence-corrected chi connectivity index (χ3v) is 5.08. The van der Waals surface area contributed by atoms with E-state index in [1.807, 2.05) is 6.07 Å². The number of fused-ring (bicyclic) bond motifs is 2. The van der Waals surface area contributed by atoms with Gasteiger partial charge in [-0.1, -0.05) is 24.6 Å². The van der Waals surface area contributed by atoms with E-state index in [2.05, 4.69) is 34.7 Å². The molecule has 2 aliphatic carbocycles. The summed E-state index contributed by atoms with van der Waals surface area (Å²) in [4.78, 5) is 15.4. The van der Waals surface area contributed by atoms with Gasteiger partial charge in [-0.05, 0) is 42.7 Å². The number of hydrogen-bond acceptors (Lipinski definition) is 1. The van der Waals surface area contributed by atoms with E-state index >= 15 is 0 Å². The molecule has 0 radical (unpaired) electrons. The van der Waals surface area contributed by atoms with E-state index < -0.39 is 0 Å². The van der Waals surface area contributed by atoms with Gasteiger partial charge in [0.1, 0.15) is 0 Å². The van der Waals surface area contributed by atoms with Crippen LogP contribution in [0.15, 0.2) is 30.5 Å². The summed E-state index contributed by atoms with van der Waals surface area (Å²) < 4.78 is 0. The van der Waals surface area contributed by atoms with E-state index in [0.29, 0.717) is 23.7 Å². The first kappa shape index (κ1) is 12.0. The fourth-order valence-electron chi connectivity index (χ4n) is 3.99. The molecule has 104 valence electrons. The van der Waals surface area contributed by atoms with E-state index in [1.165, 1.54) is 35.7 Å². The first-order valence-corrected chi connectivity index (χ1v) is 7.67. The SMILES string of the molecule is O=C(NCCc1c[nH]c2ccccc12)C1C2CCCC21. The van der Waals surface area contributed by atoms with Crippen molar-refractivity contribution < 1.29 is 4.79 Å². The molecule has 3 heteroatoms. The summed E-state index contributed by atoms with van der Waals surface area (Å²) in [6, 6.07) is 8.32. The lowest BCUT2D eigenvalue weighted by Gasteiger charge is -2.06. The maximum absolute atomic E-state index is 12.1. The molecule has 1 aromatic carbocycles. The van der Waals surface area contributed by atoms with Gasteiger partial charge in [-0.3, -0.25) is 4.79 Å². The van der Waals surface area contributed by atoms with Gasteiger partial charge in [0.25, 0.3) is 0 Å². The number of carbonyl (C=O) groups excluding carboxylic acids is 1. The first-order chi connectivity index (χ1) is 9.84. The lowest BCUT2D eigenvalue weighted by molar-refractivity contribution is -0.123. The minimum Gasteiger partial charge on any atom is -0.361 e. The topological polar surface area (TPSA) is 44.9 Å². The molecule has 1 amide bonds. The number of benzene rings is 1. The number of rotatable bonds is 4. The van der Waals surface area contributed by atoms with Crippen molar-refractivity contribution in [2.75, 3.05) is 6.54 Å². The molecule has 4 rings (SSSR count). The summed E-state index contributed by atoms with van der Waals surface area (Å²) in [5.41, 5.74) is 2.46. The van der Waals surface area contributed by atoms with Crippen LogP contribution in [0.3, 0.4) is 0 Å². The van der Waals surface area contributed by atoms with Crippen molar-refractivity contribution in [2.24, 2.45) is 17.8 Å². The Morgan fingerprint density at radius 3 is 2.90 bits per heavy atom. The molecule has 0 aliphatic heterocycles. The third kappa shape index (κ3) is 1.92. The average Bonchev–Trinajstić information content (AvgIpc) is 2.84. The first-order valence-electron chi connectivity index (χ1n) is 7.67. The second kappa shape index (κ2) is 4.65. The minimum absolute atomic E-state index is 0.291. The van der Waals surface area contributed by atoms with E-state index in [0.717, 1.165) is 13.0 Å². The van der Waals surface area contributed by atoms with Crippen LogP contribution in [0.4, 0.5) is 0 Å². The summed E-state index contributed by atoms with van der Waals surface area (Å²) in [6.07, 6.45) is 6.82. The lowest BCUT2D eigenvalue weighted by atomic mass is 10.1. The van der Waals surface area contributed by atoms with Crippen LogP contribution in [-0.4, -0.2) is 17.4 Å². The van der Waals surface area contributed by atoms with Crippen LogP contribution in [0, 0.1) is 17.8 Å². The standard InChI is InChI=1S/C17H20N2O/c20-17(16-13-5-3-6-14(13)16)18-9-8-11-10-19-15-7-2-1-4-12(11)15/h1-2,4,7,10,13-14,16,19H,3,5-6,8-9H2,(H,18,20). The molecule has 2 N–H and O–H groups in total. The Bertz CT molecular complexity index is 635. The van der Waals surface area contributed by atoms with Gasteiger partial charge in [-0.2, -0.15) is 0 Å². The zero-order valence-electron chi connectivity index (χ0n) is 11.6. The predicted octanol–water partition coefficient (Wildman–Crippen LogP) is 2.87. The van der Waals surface area contributed by atoms with Gasteiger partial charge in [0.05, 0.1) is 0 Å². The van der Waals surface area contributed by atoms with Crippen LogP contribution in [-0.2, 0) is 11.2 Å². The van der Waals surface area contributed by atoms with Crippen molar-refractivity contribution >= 4 is 16.8 Å². The number of H-pyrrole nitrogens is 1. The van der Waals surface area contributed by atoms with Gasteiger partial charge in [0.15, 0.2) is 0 Å². The van der Waals surface area contributed by atoms with E-state index in [-0.39, 0.29) is 0 Å². The molecule has 1 heterocycles. The zero-order chi connectivity index (χ0) is 13.5. The number of amides is 1. The molecule has 0 spiro atoms. The molecular weight excluding hydrogens is 248 g/mol. The van der Waals surface area contributed by atoms with Crippen molar-refractivity contribution in [3.8, 4) is 0 Å². The van der Waals surface area contributed by atoms with Gasteiger partial charge >= 0.3 is 0 Å². The molecule has 1 aromatic heterocycles. The number of para-hydroxylation sites is 1. The second-order valence-electron chi connectivity index (χ2n) is 6.18. The molecule has 2 aliphatic rings. The maximum atomic E-state index is 12.1. The summed E-state index contributed by atoms with van der Waals surface area (Å²) >= 11 is 0. The zero-order valence-corrected chi connectivity index (χ0v) is 11.6. The van der Waals surface area contributed by atoms with Crippen molar-refractivity contribution in [2.45, 2.75) is 25.7 Å². The molecule has 2 atom stereocenters. The number of carbonyl (C=O) groups is 1. The molecular formula is C17H20N2O. The molecule has 2 aromatic rings. The van der Waals surface area contributed by atoms with Crippen LogP contribution >= 0.6 is 0 Å². The summed E-state index contributed by atoms with van der Waals surface area (Å²) in [6.45, 7) is 0.747. The minimum atomic E-state index is 0.291. The summed E-state index contributed by atoms with van der Waals surface area (Å²) in [5.74, 6) is 2.05. The third-order valence-electron chi connectivity index (χ3n) is 5.08. The Balaban J connectivity index is 1.33. The van der Waals surface area contributed by atoms with Crippen molar-refractivity contribution in [3.05, 3.63) is 36.0 Å². The van der Waals surface area contributed by atoms with Crippen LogP contribution < -0.4 is 5.32 Å². The lowest BCUT2D eigenvalue weighted by Crippen LogP contribution is -2.28. The normalized spacial score (nSPS) is 27.5. The largest absolute Gasteiger partial charge is 0.361 e. The van der Waals surface area contributed by atoms with E-state index in [4.69, 9.17) is 0 Å². The Hall–Kier alpha value is -1.77. The fraction of sp³-hybridized carbons (Fsp3) is 0.471. The Morgan fingerprint density at radius 1 is 1.25 bits per heavy atom. The second-order valence-corrected chi connectivity index (χ2v) is 6.18. The van der Waals surface area contributed by atoms with Crippen LogP contribution in [0.25, 0.3) is 10.9 Å². The fourth-order valence-corrected chi connectivity index (χ4v) is 3.99. The highest BCUT2D eigenvalue weighted by molar-refractivity contribution is 5.84. The smallest absolute Gasteiger partial charge is 0.223 e. The summed E-state index contributed by atoms with van der Waals surface area (Å²) in [7, 11) is 0. The highest BCUT2D eigenvalue weighted by atomic mass is 16.2. The van der Waals surface area contributed by atoms with Gasteiger partial charge in [0.2, 0.25) is 5.91 Å². The molecule has 0 bridgehead atoms. The van der Waals surface area contributed by atoms with Crippen molar-refractivity contribution in [1.29, 1.82) is 0 Å². The monoisotopic (exact) mass is 268 g/mol. The predicted molar refractivity (Wildman–Crippen MR) is 79.3 cm³/mol. The molecule has 0 saturated heterocycles. The van der Waals surface area contributed by atoms with Gasteiger partial charge in [0, 0.05) is 29.6 Å². The highest BCUT2D eigenvalue weighted by Crippen LogP contribution is 2.57. The number of aromatic amines is 1. The van der Waals surface area contributed by atoms with Crippen LogP contribution in [0.5, 0.6) is 0 Å². The van der Waals surface area contributed by atoms with Crippen LogP contribution in [0.1, 0.15) is 24.8 Å². The van der Waals surface area contributed by atoms with Crippen molar-refractivity contribution in [1.82, 2.24) is 10.3 Å². The molecule has 2 unspecified atom stereocenters. The molecule has 2 fully saturated rings. The average molecular weight is 268 g/mol. The summed E-state index contributed by atoms with van der Waals surface area (Å²) in [5, 5.41) is 4.39. The van der Waals surface area contributed by atoms with E-state index in [1.54, 1.807) is 0 Å². The number of aromatic nitrogens is 1. The Labute approximate surface area is 118 Å². The Morgan fingerprint density at radius 2 is 2.05 bits per heavy atom. The number of hydrogen-bond donors (Lipinski definition) is 2. The molecule has 2 saturated carbocycles. The van der Waals surface area contributed by atoms with Gasteiger partial charge in [-0.25, -0.2) is 0 Å². The molecule has 3 nitrogen and oxygen atoms in total. The number of nitrogens with one attached hydrogen (secondary N) is 2. The van der Waals surface area contributed by atoms with Crippen LogP contribution in [0.2, 0.25) is 0 Å². The van der Waals surface area contributed by atoms with E-state index in [9.17, 15) is 4.79 Å². The molecule has 20 heavy (non-hydrogen) atoms. The van der Waals surface area contributed by atoms with Crippen molar-refractivity contribution in [3.63, 3.8) is 0 Å². The highest BCUT2D eigenvalue weighted by Gasteiger charge is 2.56. The maximum Gasteiger partial charge on any atom is 0.223 e. The Kier molecular flexibility index (Phi) is 2.79. The quantitative estimate of drug-likeness (QED) is 0.880. The van der Waals surface area contributed by atoms with Gasteiger partial charge < -0.3 is 10.3 Å².